The second-order valence-corrected chi connectivity index (χ2v) is 7.90. The highest BCUT2D eigenvalue weighted by molar-refractivity contribution is 8.02. The number of Topliss-reactive ketones (excluding diaryl/α,β-unsaturated/α-hetero) is 1. The van der Waals surface area contributed by atoms with Crippen molar-refractivity contribution in [3.8, 4) is 0 Å². The van der Waals surface area contributed by atoms with Crippen LogP contribution in [-0.2, 0) is 0 Å². The van der Waals surface area contributed by atoms with Gasteiger partial charge in [0.05, 0.1) is 16.8 Å². The summed E-state index contributed by atoms with van der Waals surface area (Å²) < 4.78 is 1.54. The second-order valence-electron chi connectivity index (χ2n) is 6.92. The Labute approximate surface area is 167 Å². The third kappa shape index (κ3) is 3.18. The Morgan fingerprint density at radius 3 is 2.79 bits per heavy atom. The van der Waals surface area contributed by atoms with Gasteiger partial charge in [-0.2, -0.15) is 0 Å². The summed E-state index contributed by atoms with van der Waals surface area (Å²) in [5, 5.41) is 5.83. The van der Waals surface area contributed by atoms with Gasteiger partial charge in [0.25, 0.3) is 0 Å². The third-order valence-corrected chi connectivity index (χ3v) is 5.67. The molecule has 0 bridgehead atoms. The Morgan fingerprint density at radius 2 is 2.07 bits per heavy atom. The summed E-state index contributed by atoms with van der Waals surface area (Å²) in [5.74, 6) is -0.127. The summed E-state index contributed by atoms with van der Waals surface area (Å²) in [4.78, 5) is 31.5. The van der Waals surface area contributed by atoms with Crippen LogP contribution in [0.2, 0.25) is 0 Å². The minimum Gasteiger partial charge on any atom is -0.366 e. The molecule has 1 amide bonds. The fraction of sp³-hybridized carbons (Fsp3) is 0.190. The van der Waals surface area contributed by atoms with Crippen molar-refractivity contribution < 1.29 is 9.59 Å². The number of carbonyl (C=O) groups excluding carboxylic acids is 2. The largest absolute Gasteiger partial charge is 0.366 e. The Hall–Kier alpha value is -3.06. The van der Waals surface area contributed by atoms with E-state index in [4.69, 9.17) is 0 Å². The van der Waals surface area contributed by atoms with E-state index in [0.717, 1.165) is 22.0 Å². The van der Waals surface area contributed by atoms with Gasteiger partial charge >= 0.3 is 6.03 Å². The van der Waals surface area contributed by atoms with Crippen LogP contribution < -0.4 is 5.32 Å². The minimum absolute atomic E-state index is 0.0494. The van der Waals surface area contributed by atoms with E-state index < -0.39 is 0 Å². The molecule has 0 spiro atoms. The number of allylic oxidation sites excluding steroid dienone is 1. The number of nitrogens with zero attached hydrogens (tertiary/aromatic N) is 3. The summed E-state index contributed by atoms with van der Waals surface area (Å²) in [6.45, 7) is 1.97. The van der Waals surface area contributed by atoms with E-state index >= 15 is 0 Å². The molecule has 142 valence electrons. The molecule has 0 saturated heterocycles. The lowest BCUT2D eigenvalue weighted by Crippen LogP contribution is -2.26. The molecule has 4 rings (SSSR count). The molecule has 3 heterocycles. The van der Waals surface area contributed by atoms with Crippen molar-refractivity contribution in [1.29, 1.82) is 0 Å². The van der Waals surface area contributed by atoms with Crippen LogP contribution >= 0.6 is 11.8 Å². The zero-order valence-electron chi connectivity index (χ0n) is 15.8. The molecule has 6 nitrogen and oxygen atoms in total. The summed E-state index contributed by atoms with van der Waals surface area (Å²) in [6, 6.07) is 9.44. The van der Waals surface area contributed by atoms with Gasteiger partial charge in [0, 0.05) is 49.0 Å². The maximum absolute atomic E-state index is 13.2. The van der Waals surface area contributed by atoms with E-state index in [-0.39, 0.29) is 17.2 Å². The number of rotatable bonds is 3. The lowest BCUT2D eigenvalue weighted by Gasteiger charge is -2.12. The monoisotopic (exact) mass is 392 g/mol. The molecule has 1 atom stereocenters. The van der Waals surface area contributed by atoms with E-state index in [1.807, 2.05) is 42.7 Å². The van der Waals surface area contributed by atoms with Crippen LogP contribution in [0.15, 0.2) is 60.0 Å². The summed E-state index contributed by atoms with van der Waals surface area (Å²) >= 11 is 1.54. The number of pyridine rings is 1. The normalized spacial score (nSPS) is 16.0. The van der Waals surface area contributed by atoms with Crippen molar-refractivity contribution >= 4 is 34.5 Å². The first-order valence-electron chi connectivity index (χ1n) is 8.86. The van der Waals surface area contributed by atoms with Gasteiger partial charge in [-0.05, 0) is 24.6 Å². The molecule has 1 aliphatic rings. The average molecular weight is 392 g/mol. The molecule has 1 N–H and O–H groups in total. The van der Waals surface area contributed by atoms with Gasteiger partial charge in [-0.3, -0.25) is 14.3 Å². The Balaban J connectivity index is 1.69. The van der Waals surface area contributed by atoms with Gasteiger partial charge in [0.15, 0.2) is 0 Å². The summed E-state index contributed by atoms with van der Waals surface area (Å²) in [7, 11) is 3.39. The molecule has 1 unspecified atom stereocenters. The molecule has 3 aromatic rings. The van der Waals surface area contributed by atoms with Crippen LogP contribution in [-0.4, -0.2) is 40.4 Å². The second kappa shape index (κ2) is 7.16. The van der Waals surface area contributed by atoms with Gasteiger partial charge < -0.3 is 10.2 Å². The maximum atomic E-state index is 13.2. The van der Waals surface area contributed by atoms with Gasteiger partial charge in [0.1, 0.15) is 5.37 Å². The first kappa shape index (κ1) is 18.3. The fourth-order valence-corrected chi connectivity index (χ4v) is 4.13. The number of amides is 1. The van der Waals surface area contributed by atoms with Gasteiger partial charge in [-0.15, -0.1) is 11.8 Å². The topological polar surface area (TPSA) is 67.2 Å². The molecular weight excluding hydrogens is 372 g/mol. The van der Waals surface area contributed by atoms with Crippen molar-refractivity contribution in [2.24, 2.45) is 0 Å². The SMILES string of the molecule is Cc1ccc2c(C(=O)C3=CSC(c4cccnc4)N3)cn(C(=O)N(C)C)c2c1. The maximum Gasteiger partial charge on any atom is 0.328 e. The molecule has 0 saturated carbocycles. The van der Waals surface area contributed by atoms with Crippen LogP contribution in [0.5, 0.6) is 0 Å². The van der Waals surface area contributed by atoms with Crippen LogP contribution in [0.1, 0.15) is 26.9 Å². The van der Waals surface area contributed by atoms with Crippen LogP contribution in [0, 0.1) is 6.92 Å². The number of hydrogen-bond acceptors (Lipinski definition) is 5. The number of nitrogens with one attached hydrogen (secondary N) is 1. The molecule has 0 fully saturated rings. The van der Waals surface area contributed by atoms with Crippen LogP contribution in [0.3, 0.4) is 0 Å². The van der Waals surface area contributed by atoms with E-state index in [1.165, 1.54) is 21.2 Å². The zero-order valence-corrected chi connectivity index (χ0v) is 16.7. The van der Waals surface area contributed by atoms with Crippen LogP contribution in [0.25, 0.3) is 10.9 Å². The third-order valence-electron chi connectivity index (χ3n) is 4.63. The zero-order chi connectivity index (χ0) is 19.8. The summed E-state index contributed by atoms with van der Waals surface area (Å²) in [5.41, 5.74) is 3.81. The molecule has 1 aliphatic heterocycles. The highest BCUT2D eigenvalue weighted by Crippen LogP contribution is 2.35. The Morgan fingerprint density at radius 1 is 1.25 bits per heavy atom. The lowest BCUT2D eigenvalue weighted by atomic mass is 10.1. The van der Waals surface area contributed by atoms with Gasteiger partial charge in [-0.25, -0.2) is 4.79 Å². The molecule has 0 aliphatic carbocycles. The van der Waals surface area contributed by atoms with E-state index in [2.05, 4.69) is 10.3 Å². The molecule has 1 aromatic carbocycles. The van der Waals surface area contributed by atoms with Gasteiger partial charge in [0.2, 0.25) is 5.78 Å². The molecule has 7 heteroatoms. The molecule has 0 radical (unpaired) electrons. The number of fused-ring (bicyclic) bond motifs is 1. The predicted octanol–water partition coefficient (Wildman–Crippen LogP) is 3.93. The van der Waals surface area contributed by atoms with Crippen molar-refractivity contribution in [2.75, 3.05) is 14.1 Å². The van der Waals surface area contributed by atoms with Crippen molar-refractivity contribution in [3.05, 3.63) is 76.7 Å². The number of aryl methyl sites for hydroxylation is 1. The highest BCUT2D eigenvalue weighted by Gasteiger charge is 2.27. The van der Waals surface area contributed by atoms with E-state index in [1.54, 1.807) is 32.7 Å². The lowest BCUT2D eigenvalue weighted by molar-refractivity contribution is 0.102. The highest BCUT2D eigenvalue weighted by atomic mass is 32.2. The van der Waals surface area contributed by atoms with E-state index in [9.17, 15) is 9.59 Å². The number of hydrogen-bond donors (Lipinski definition) is 1. The van der Waals surface area contributed by atoms with Gasteiger partial charge in [-0.1, -0.05) is 18.2 Å². The fourth-order valence-electron chi connectivity index (χ4n) is 3.19. The van der Waals surface area contributed by atoms with Crippen molar-refractivity contribution in [2.45, 2.75) is 12.3 Å². The van der Waals surface area contributed by atoms with E-state index in [0.29, 0.717) is 11.3 Å². The van der Waals surface area contributed by atoms with Crippen molar-refractivity contribution in [1.82, 2.24) is 19.8 Å². The Bertz CT molecular complexity index is 1100. The standard InChI is InChI=1S/C21H20N4O2S/c1-13-6-7-15-16(11-25(18(15)9-13)21(27)24(2)3)19(26)17-12-28-20(23-17)14-5-4-8-22-10-14/h4-12,20,23H,1-3H3. The number of ketones is 1. The quantitative estimate of drug-likeness (QED) is 0.684. The average Bonchev–Trinajstić information content (AvgIpc) is 3.32. The number of thioether (sulfide) groups is 1. The molecular formula is C21H20N4O2S. The molecule has 28 heavy (non-hydrogen) atoms. The smallest absolute Gasteiger partial charge is 0.328 e. The first-order chi connectivity index (χ1) is 13.5. The first-order valence-corrected chi connectivity index (χ1v) is 9.80. The summed E-state index contributed by atoms with van der Waals surface area (Å²) in [6.07, 6.45) is 5.15. The minimum atomic E-state index is -0.189. The predicted molar refractivity (Wildman–Crippen MR) is 111 cm³/mol. The number of carbonyl (C=O) groups is 2. The Kier molecular flexibility index (Phi) is 4.68. The number of benzene rings is 1. The number of aromatic nitrogens is 2. The molecule has 2 aromatic heterocycles. The van der Waals surface area contributed by atoms with Crippen molar-refractivity contribution in [3.63, 3.8) is 0 Å². The van der Waals surface area contributed by atoms with Crippen LogP contribution in [0.4, 0.5) is 4.79 Å².